The molecule has 5 rings (SSSR count). The van der Waals surface area contributed by atoms with Crippen molar-refractivity contribution in [2.45, 2.75) is 13.8 Å². The van der Waals surface area contributed by atoms with Crippen LogP contribution < -0.4 is 5.32 Å². The van der Waals surface area contributed by atoms with E-state index in [1.807, 2.05) is 37.5 Å². The molecule has 0 unspecified atom stereocenters. The van der Waals surface area contributed by atoms with Crippen LogP contribution in [-0.4, -0.2) is 29.7 Å². The molecule has 0 aliphatic rings. The normalized spacial score (nSPS) is 11.1. The van der Waals surface area contributed by atoms with Crippen molar-refractivity contribution in [2.24, 2.45) is 0 Å². The van der Waals surface area contributed by atoms with Crippen LogP contribution in [0.4, 0.5) is 11.5 Å². The molecule has 0 atom stereocenters. The van der Waals surface area contributed by atoms with Crippen LogP contribution in [0.3, 0.4) is 0 Å². The molecule has 0 aliphatic heterocycles. The number of pyridine rings is 2. The molecule has 7 nitrogen and oxygen atoms in total. The average Bonchev–Trinajstić information content (AvgIpc) is 3.37. The highest BCUT2D eigenvalue weighted by Gasteiger charge is 2.07. The second-order valence-corrected chi connectivity index (χ2v) is 7.05. The van der Waals surface area contributed by atoms with Crippen molar-refractivity contribution in [2.75, 3.05) is 5.32 Å². The number of aryl methyl sites for hydroxylation is 2. The Morgan fingerprint density at radius 1 is 1.00 bits per heavy atom. The van der Waals surface area contributed by atoms with Gasteiger partial charge in [-0.25, -0.2) is 14.6 Å². The Morgan fingerprint density at radius 3 is 2.76 bits per heavy atom. The van der Waals surface area contributed by atoms with E-state index in [9.17, 15) is 0 Å². The summed E-state index contributed by atoms with van der Waals surface area (Å²) in [7, 11) is 0. The number of H-pyrrole nitrogens is 1. The number of anilines is 2. The lowest BCUT2D eigenvalue weighted by Gasteiger charge is -2.09. The zero-order valence-electron chi connectivity index (χ0n) is 16.1. The van der Waals surface area contributed by atoms with E-state index in [0.29, 0.717) is 0 Å². The summed E-state index contributed by atoms with van der Waals surface area (Å²) in [5.41, 5.74) is 7.19. The van der Waals surface area contributed by atoms with Crippen LogP contribution in [0, 0.1) is 13.8 Å². The van der Waals surface area contributed by atoms with Gasteiger partial charge in [-0.2, -0.15) is 5.10 Å². The van der Waals surface area contributed by atoms with E-state index >= 15 is 0 Å². The Labute approximate surface area is 167 Å². The van der Waals surface area contributed by atoms with Gasteiger partial charge in [0.1, 0.15) is 18.5 Å². The highest BCUT2D eigenvalue weighted by Crippen LogP contribution is 2.27. The fraction of sp³-hybridized carbons (Fsp3) is 0.0909. The van der Waals surface area contributed by atoms with Crippen molar-refractivity contribution in [3.8, 4) is 16.9 Å². The molecule has 0 bridgehead atoms. The molecule has 5 aromatic rings. The van der Waals surface area contributed by atoms with Gasteiger partial charge in [-0.1, -0.05) is 0 Å². The predicted octanol–water partition coefficient (Wildman–Crippen LogP) is 4.57. The third kappa shape index (κ3) is 3.45. The van der Waals surface area contributed by atoms with E-state index in [-0.39, 0.29) is 0 Å². The van der Waals surface area contributed by atoms with Crippen LogP contribution in [0.15, 0.2) is 67.5 Å². The average molecular weight is 381 g/mol. The van der Waals surface area contributed by atoms with Gasteiger partial charge in [0.25, 0.3) is 0 Å². The maximum absolute atomic E-state index is 4.57. The first kappa shape index (κ1) is 17.1. The number of hydrogen-bond donors (Lipinski definition) is 2. The number of benzene rings is 1. The highest BCUT2D eigenvalue weighted by molar-refractivity contribution is 5.87. The first-order valence-corrected chi connectivity index (χ1v) is 9.29. The minimum absolute atomic E-state index is 0.770. The van der Waals surface area contributed by atoms with Crippen molar-refractivity contribution in [3.05, 3.63) is 78.8 Å². The van der Waals surface area contributed by atoms with E-state index < -0.39 is 0 Å². The van der Waals surface area contributed by atoms with Crippen LogP contribution in [0.5, 0.6) is 0 Å². The van der Waals surface area contributed by atoms with E-state index in [4.69, 9.17) is 0 Å². The first-order valence-electron chi connectivity index (χ1n) is 9.29. The summed E-state index contributed by atoms with van der Waals surface area (Å²) in [6, 6.07) is 14.4. The SMILES string of the molecule is Cc1cc(Nc2cc3[nH]c(-c4ccnc(C)c4)cc3cn2)cc(-n2cncn2)c1. The molecule has 0 saturated carbocycles. The topological polar surface area (TPSA) is 84.3 Å². The summed E-state index contributed by atoms with van der Waals surface area (Å²) < 4.78 is 1.74. The number of fused-ring (bicyclic) bond motifs is 1. The van der Waals surface area contributed by atoms with E-state index in [1.165, 1.54) is 6.33 Å². The maximum atomic E-state index is 4.57. The second kappa shape index (κ2) is 6.87. The molecule has 0 spiro atoms. The van der Waals surface area contributed by atoms with E-state index in [1.54, 1.807) is 11.0 Å². The molecule has 4 heterocycles. The van der Waals surface area contributed by atoms with Crippen molar-refractivity contribution < 1.29 is 0 Å². The van der Waals surface area contributed by atoms with E-state index in [2.05, 4.69) is 61.5 Å². The number of aromatic amines is 1. The zero-order valence-corrected chi connectivity index (χ0v) is 16.1. The number of nitrogens with zero attached hydrogens (tertiary/aromatic N) is 5. The minimum Gasteiger partial charge on any atom is -0.354 e. The van der Waals surface area contributed by atoms with Gasteiger partial charge in [-0.05, 0) is 55.8 Å². The zero-order chi connectivity index (χ0) is 19.8. The molecule has 4 aromatic heterocycles. The Hall–Kier alpha value is -4.00. The lowest BCUT2D eigenvalue weighted by molar-refractivity contribution is 0.878. The molecule has 0 aliphatic carbocycles. The van der Waals surface area contributed by atoms with E-state index in [0.717, 1.165) is 50.6 Å². The third-order valence-electron chi connectivity index (χ3n) is 4.73. The van der Waals surface area contributed by atoms with Crippen molar-refractivity contribution in [3.63, 3.8) is 0 Å². The van der Waals surface area contributed by atoms with Crippen LogP contribution in [0.25, 0.3) is 27.8 Å². The van der Waals surface area contributed by atoms with Crippen LogP contribution in [0.2, 0.25) is 0 Å². The predicted molar refractivity (Wildman–Crippen MR) is 113 cm³/mol. The Balaban J connectivity index is 1.47. The van der Waals surface area contributed by atoms with Crippen LogP contribution >= 0.6 is 0 Å². The number of hydrogen-bond acceptors (Lipinski definition) is 5. The van der Waals surface area contributed by atoms with Gasteiger partial charge >= 0.3 is 0 Å². The standard InChI is InChI=1S/C22H19N7/c1-14-5-18(9-19(6-14)29-13-23-12-26-29)27-22-10-21-17(11-25-22)8-20(28-21)16-3-4-24-15(2)7-16/h3-13,28H,1-2H3,(H,25,27). The second-order valence-electron chi connectivity index (χ2n) is 7.05. The highest BCUT2D eigenvalue weighted by atomic mass is 15.3. The molecular formula is C22H19N7. The Morgan fingerprint density at radius 2 is 1.93 bits per heavy atom. The fourth-order valence-electron chi connectivity index (χ4n) is 3.42. The van der Waals surface area contributed by atoms with Gasteiger partial charge in [0, 0.05) is 46.5 Å². The lowest BCUT2D eigenvalue weighted by atomic mass is 10.1. The fourth-order valence-corrected chi connectivity index (χ4v) is 3.42. The molecule has 0 amide bonds. The molecule has 142 valence electrons. The van der Waals surface area contributed by atoms with Gasteiger partial charge in [0.15, 0.2) is 0 Å². The van der Waals surface area contributed by atoms with Crippen molar-refractivity contribution in [1.82, 2.24) is 29.7 Å². The summed E-state index contributed by atoms with van der Waals surface area (Å²) in [4.78, 5) is 16.3. The van der Waals surface area contributed by atoms with Gasteiger partial charge in [0.2, 0.25) is 0 Å². The van der Waals surface area contributed by atoms with Gasteiger partial charge in [-0.15, -0.1) is 0 Å². The first-order chi connectivity index (χ1) is 14.1. The summed E-state index contributed by atoms with van der Waals surface area (Å²) >= 11 is 0. The molecule has 0 radical (unpaired) electrons. The molecule has 1 aromatic carbocycles. The summed E-state index contributed by atoms with van der Waals surface area (Å²) in [5.74, 6) is 0.770. The Bertz CT molecular complexity index is 1300. The molecule has 7 heteroatoms. The number of aromatic nitrogens is 6. The maximum Gasteiger partial charge on any atom is 0.138 e. The molecule has 0 fully saturated rings. The van der Waals surface area contributed by atoms with Gasteiger partial charge in [-0.3, -0.25) is 4.98 Å². The molecular weight excluding hydrogens is 362 g/mol. The van der Waals surface area contributed by atoms with Crippen LogP contribution in [0.1, 0.15) is 11.3 Å². The lowest BCUT2D eigenvalue weighted by Crippen LogP contribution is -1.99. The summed E-state index contributed by atoms with van der Waals surface area (Å²) in [5, 5.41) is 8.66. The van der Waals surface area contributed by atoms with Gasteiger partial charge in [0.05, 0.1) is 11.2 Å². The third-order valence-corrected chi connectivity index (χ3v) is 4.73. The molecule has 29 heavy (non-hydrogen) atoms. The van der Waals surface area contributed by atoms with Crippen LogP contribution in [-0.2, 0) is 0 Å². The monoisotopic (exact) mass is 381 g/mol. The van der Waals surface area contributed by atoms with Gasteiger partial charge < -0.3 is 10.3 Å². The summed E-state index contributed by atoms with van der Waals surface area (Å²) in [6.07, 6.45) is 6.91. The Kier molecular flexibility index (Phi) is 4.05. The largest absolute Gasteiger partial charge is 0.354 e. The van der Waals surface area contributed by atoms with Crippen molar-refractivity contribution >= 4 is 22.4 Å². The number of rotatable bonds is 4. The quantitative estimate of drug-likeness (QED) is 0.476. The molecule has 2 N–H and O–H groups in total. The number of nitrogens with one attached hydrogen (secondary N) is 2. The smallest absolute Gasteiger partial charge is 0.138 e. The minimum atomic E-state index is 0.770. The molecule has 0 saturated heterocycles. The summed E-state index contributed by atoms with van der Waals surface area (Å²) in [6.45, 7) is 4.04. The van der Waals surface area contributed by atoms with Crippen molar-refractivity contribution in [1.29, 1.82) is 0 Å².